The highest BCUT2D eigenvalue weighted by atomic mass is 28.4. The van der Waals surface area contributed by atoms with Crippen molar-refractivity contribution in [1.82, 2.24) is 0 Å². The van der Waals surface area contributed by atoms with Gasteiger partial charge in [-0.1, -0.05) is 41.5 Å². The van der Waals surface area contributed by atoms with E-state index in [9.17, 15) is 0 Å². The fourth-order valence-corrected chi connectivity index (χ4v) is 8.92. The van der Waals surface area contributed by atoms with Gasteiger partial charge in [0.2, 0.25) is 8.32 Å². The van der Waals surface area contributed by atoms with Crippen molar-refractivity contribution in [2.45, 2.75) is 77.1 Å². The lowest BCUT2D eigenvalue weighted by Crippen LogP contribution is -2.49. The molecule has 1 unspecified atom stereocenters. The van der Waals surface area contributed by atoms with E-state index in [0.29, 0.717) is 16.6 Å². The van der Waals surface area contributed by atoms with E-state index in [0.717, 1.165) is 19.4 Å². The molecule has 0 spiro atoms. The molecule has 0 aliphatic carbocycles. The number of allylic oxidation sites excluding steroid dienone is 1. The van der Waals surface area contributed by atoms with Crippen LogP contribution < -0.4 is 0 Å². The van der Waals surface area contributed by atoms with Gasteiger partial charge < -0.3 is 9.16 Å². The van der Waals surface area contributed by atoms with Crippen molar-refractivity contribution in [3.05, 3.63) is 12.3 Å². The van der Waals surface area contributed by atoms with Crippen molar-refractivity contribution >= 4 is 8.32 Å². The molecule has 3 heteroatoms. The highest BCUT2D eigenvalue weighted by molar-refractivity contribution is 6.77. The summed E-state index contributed by atoms with van der Waals surface area (Å²) in [5.74, 6) is 0. The fraction of sp³-hybridized carbons (Fsp3) is 0.867. The average Bonchev–Trinajstić information content (AvgIpc) is 2.29. The number of hydrogen-bond donors (Lipinski definition) is 0. The Morgan fingerprint density at radius 3 is 2.06 bits per heavy atom. The van der Waals surface area contributed by atoms with Gasteiger partial charge in [-0.2, -0.15) is 0 Å². The van der Waals surface area contributed by atoms with E-state index < -0.39 is 8.32 Å². The van der Waals surface area contributed by atoms with Crippen molar-refractivity contribution in [2.75, 3.05) is 6.61 Å². The van der Waals surface area contributed by atoms with Crippen molar-refractivity contribution in [2.24, 2.45) is 0 Å². The molecule has 2 nitrogen and oxygen atoms in total. The molecule has 0 aromatic carbocycles. The van der Waals surface area contributed by atoms with Crippen molar-refractivity contribution in [1.29, 1.82) is 0 Å². The Labute approximate surface area is 114 Å². The first kappa shape index (κ1) is 15.8. The second-order valence-corrected chi connectivity index (χ2v) is 11.8. The van der Waals surface area contributed by atoms with Crippen LogP contribution in [0.1, 0.15) is 54.4 Å². The molecule has 0 aromatic rings. The Morgan fingerprint density at radius 2 is 1.67 bits per heavy atom. The molecule has 1 heterocycles. The highest BCUT2D eigenvalue weighted by Crippen LogP contribution is 2.42. The fourth-order valence-electron chi connectivity index (χ4n) is 3.44. The Balaban J connectivity index is 2.69. The second-order valence-electron chi connectivity index (χ2n) is 6.34. The van der Waals surface area contributed by atoms with E-state index in [-0.39, 0.29) is 6.10 Å². The first-order valence-electron chi connectivity index (χ1n) is 7.35. The first-order chi connectivity index (χ1) is 8.41. The zero-order valence-electron chi connectivity index (χ0n) is 12.9. The SMILES string of the molecule is CC(C)[Si](OCC1CCC=CO1)(C(C)C)C(C)C. The van der Waals surface area contributed by atoms with Gasteiger partial charge in [-0.25, -0.2) is 0 Å². The third-order valence-electron chi connectivity index (χ3n) is 4.25. The van der Waals surface area contributed by atoms with E-state index in [2.05, 4.69) is 47.6 Å². The molecule has 1 rings (SSSR count). The molecule has 0 N–H and O–H groups in total. The molecule has 18 heavy (non-hydrogen) atoms. The molecular formula is C15H30O2Si. The van der Waals surface area contributed by atoms with E-state index in [1.54, 1.807) is 0 Å². The van der Waals surface area contributed by atoms with Crippen LogP contribution in [0.25, 0.3) is 0 Å². The number of rotatable bonds is 6. The van der Waals surface area contributed by atoms with Crippen LogP contribution in [-0.2, 0) is 9.16 Å². The molecule has 0 amide bonds. The van der Waals surface area contributed by atoms with Gasteiger partial charge in [-0.3, -0.25) is 0 Å². The molecular weight excluding hydrogens is 240 g/mol. The van der Waals surface area contributed by atoms with Gasteiger partial charge in [0.15, 0.2) is 0 Å². The predicted octanol–water partition coefficient (Wildman–Crippen LogP) is 4.87. The molecule has 0 saturated carbocycles. The van der Waals surface area contributed by atoms with E-state index in [4.69, 9.17) is 9.16 Å². The van der Waals surface area contributed by atoms with Crippen LogP contribution in [-0.4, -0.2) is 21.0 Å². The predicted molar refractivity (Wildman–Crippen MR) is 80.2 cm³/mol. The first-order valence-corrected chi connectivity index (χ1v) is 9.49. The Kier molecular flexibility index (Phi) is 5.92. The topological polar surface area (TPSA) is 18.5 Å². The maximum Gasteiger partial charge on any atom is 0.200 e. The lowest BCUT2D eigenvalue weighted by Gasteiger charge is -2.43. The minimum absolute atomic E-state index is 0.262. The zero-order chi connectivity index (χ0) is 13.8. The molecule has 1 aliphatic heterocycles. The van der Waals surface area contributed by atoms with Crippen molar-refractivity contribution in [3.63, 3.8) is 0 Å². The molecule has 1 aliphatic rings. The normalized spacial score (nSPS) is 20.8. The smallest absolute Gasteiger partial charge is 0.200 e. The van der Waals surface area contributed by atoms with Crippen LogP contribution in [0.5, 0.6) is 0 Å². The van der Waals surface area contributed by atoms with Crippen LogP contribution in [0.15, 0.2) is 12.3 Å². The number of hydrogen-bond acceptors (Lipinski definition) is 2. The molecule has 0 fully saturated rings. The summed E-state index contributed by atoms with van der Waals surface area (Å²) in [7, 11) is -1.72. The van der Waals surface area contributed by atoms with Gasteiger partial charge in [0.05, 0.1) is 12.9 Å². The van der Waals surface area contributed by atoms with Gasteiger partial charge in [-0.05, 0) is 35.5 Å². The minimum atomic E-state index is -1.72. The van der Waals surface area contributed by atoms with Gasteiger partial charge in [-0.15, -0.1) is 0 Å². The third-order valence-corrected chi connectivity index (χ3v) is 10.3. The summed E-state index contributed by atoms with van der Waals surface area (Å²) in [6, 6.07) is 0. The van der Waals surface area contributed by atoms with Crippen molar-refractivity contribution in [3.8, 4) is 0 Å². The molecule has 0 saturated heterocycles. The Morgan fingerprint density at radius 1 is 1.11 bits per heavy atom. The van der Waals surface area contributed by atoms with Crippen LogP contribution in [0.3, 0.4) is 0 Å². The van der Waals surface area contributed by atoms with Crippen LogP contribution in [0.2, 0.25) is 16.6 Å². The average molecular weight is 270 g/mol. The zero-order valence-corrected chi connectivity index (χ0v) is 13.9. The Hall–Kier alpha value is -0.283. The van der Waals surface area contributed by atoms with Gasteiger partial charge >= 0.3 is 0 Å². The largest absolute Gasteiger partial charge is 0.496 e. The second kappa shape index (κ2) is 6.76. The lowest BCUT2D eigenvalue weighted by molar-refractivity contribution is 0.0658. The summed E-state index contributed by atoms with van der Waals surface area (Å²) < 4.78 is 12.2. The summed E-state index contributed by atoms with van der Waals surface area (Å²) in [5, 5.41) is 0. The third kappa shape index (κ3) is 3.38. The monoisotopic (exact) mass is 270 g/mol. The van der Waals surface area contributed by atoms with Gasteiger partial charge in [0.1, 0.15) is 6.10 Å². The lowest BCUT2D eigenvalue weighted by atomic mass is 10.2. The summed E-state index contributed by atoms with van der Waals surface area (Å²) >= 11 is 0. The van der Waals surface area contributed by atoms with E-state index >= 15 is 0 Å². The van der Waals surface area contributed by atoms with Crippen LogP contribution in [0.4, 0.5) is 0 Å². The summed E-state index contributed by atoms with van der Waals surface area (Å²) in [6.45, 7) is 14.7. The quantitative estimate of drug-likeness (QED) is 0.641. The molecule has 1 atom stereocenters. The van der Waals surface area contributed by atoms with Crippen molar-refractivity contribution < 1.29 is 9.16 Å². The van der Waals surface area contributed by atoms with Gasteiger partial charge in [0, 0.05) is 0 Å². The summed E-state index contributed by atoms with van der Waals surface area (Å²) in [5.41, 5.74) is 1.95. The maximum absolute atomic E-state index is 6.53. The molecule has 0 aromatic heterocycles. The van der Waals surface area contributed by atoms with Gasteiger partial charge in [0.25, 0.3) is 0 Å². The summed E-state index contributed by atoms with van der Waals surface area (Å²) in [6.07, 6.45) is 6.40. The van der Waals surface area contributed by atoms with E-state index in [1.807, 2.05) is 6.26 Å². The van der Waals surface area contributed by atoms with E-state index in [1.165, 1.54) is 0 Å². The van der Waals surface area contributed by atoms with Crippen LogP contribution >= 0.6 is 0 Å². The molecule has 0 radical (unpaired) electrons. The maximum atomic E-state index is 6.53. The molecule has 106 valence electrons. The highest BCUT2D eigenvalue weighted by Gasteiger charge is 2.45. The number of ether oxygens (including phenoxy) is 1. The minimum Gasteiger partial charge on any atom is -0.496 e. The standard InChI is InChI=1S/C15H30O2Si/c1-12(2)18(13(3)4,14(5)6)17-11-15-9-7-8-10-16-15/h8,10,12-15H,7,9,11H2,1-6H3. The summed E-state index contributed by atoms with van der Waals surface area (Å²) in [4.78, 5) is 0. The Bertz CT molecular complexity index is 250. The molecule has 0 bridgehead atoms. The van der Waals surface area contributed by atoms with Crippen LogP contribution in [0, 0.1) is 0 Å².